The van der Waals surface area contributed by atoms with E-state index in [-0.39, 0.29) is 6.42 Å². The molecule has 0 radical (unpaired) electrons. The molecule has 2 rings (SSSR count). The third-order valence-electron chi connectivity index (χ3n) is 3.61. The van der Waals surface area contributed by atoms with E-state index in [1.807, 2.05) is 0 Å². The first-order chi connectivity index (χ1) is 8.33. The van der Waals surface area contributed by atoms with E-state index in [1.54, 1.807) is 18.3 Å². The Labute approximate surface area is 107 Å². The molecule has 18 heavy (non-hydrogen) atoms. The van der Waals surface area contributed by atoms with Crippen LogP contribution in [-0.4, -0.2) is 35.6 Å². The molecule has 5 nitrogen and oxygen atoms in total. The molecule has 1 aromatic rings. The number of rotatable bonds is 3. The molecular formula is C12H18N2O3S. The lowest BCUT2D eigenvalue weighted by atomic mass is 9.93. The average molecular weight is 270 g/mol. The first kappa shape index (κ1) is 13.3. The normalized spacial score (nSPS) is 28.4. The number of sulfone groups is 1. The van der Waals surface area contributed by atoms with Crippen molar-refractivity contribution in [2.75, 3.05) is 12.0 Å². The standard InChI is InChI=1S/C12H18N2O3S/c1-18(16,17)10-5-2-6-12(10,15)8-9-4-3-7-14-11(9)13/h3-4,7,10,15H,2,5-6,8H2,1H3,(H2,13,14). The minimum atomic E-state index is -3.25. The zero-order valence-electron chi connectivity index (χ0n) is 10.3. The first-order valence-electron chi connectivity index (χ1n) is 5.93. The summed E-state index contributed by atoms with van der Waals surface area (Å²) in [6, 6.07) is 3.51. The molecule has 1 aromatic heterocycles. The summed E-state index contributed by atoms with van der Waals surface area (Å²) in [7, 11) is -3.25. The number of aromatic nitrogens is 1. The van der Waals surface area contributed by atoms with Gasteiger partial charge in [-0.2, -0.15) is 0 Å². The zero-order chi connectivity index (χ0) is 13.4. The van der Waals surface area contributed by atoms with Gasteiger partial charge in [-0.1, -0.05) is 6.07 Å². The molecule has 0 amide bonds. The van der Waals surface area contributed by atoms with Crippen LogP contribution in [0.1, 0.15) is 24.8 Å². The second kappa shape index (κ2) is 4.51. The van der Waals surface area contributed by atoms with Gasteiger partial charge >= 0.3 is 0 Å². The molecule has 1 heterocycles. The minimum Gasteiger partial charge on any atom is -0.388 e. The van der Waals surface area contributed by atoms with Gasteiger partial charge in [-0.25, -0.2) is 13.4 Å². The number of pyridine rings is 1. The second-order valence-electron chi connectivity index (χ2n) is 5.04. The highest BCUT2D eigenvalue weighted by atomic mass is 32.2. The van der Waals surface area contributed by atoms with Crippen LogP contribution >= 0.6 is 0 Å². The van der Waals surface area contributed by atoms with Crippen molar-refractivity contribution in [3.05, 3.63) is 23.9 Å². The van der Waals surface area contributed by atoms with Gasteiger partial charge in [0.2, 0.25) is 0 Å². The van der Waals surface area contributed by atoms with Crippen molar-refractivity contribution in [3.8, 4) is 0 Å². The molecule has 0 aliphatic heterocycles. The summed E-state index contributed by atoms with van der Waals surface area (Å²) in [6.07, 6.45) is 4.71. The lowest BCUT2D eigenvalue weighted by Gasteiger charge is -2.29. The van der Waals surface area contributed by atoms with Crippen LogP contribution in [-0.2, 0) is 16.3 Å². The van der Waals surface area contributed by atoms with Crippen LogP contribution in [0.3, 0.4) is 0 Å². The van der Waals surface area contributed by atoms with Crippen molar-refractivity contribution in [2.24, 2.45) is 0 Å². The van der Waals surface area contributed by atoms with Gasteiger partial charge in [0, 0.05) is 18.9 Å². The van der Waals surface area contributed by atoms with Gasteiger partial charge in [0.25, 0.3) is 0 Å². The fourth-order valence-electron chi connectivity index (χ4n) is 2.77. The molecule has 100 valence electrons. The molecule has 0 aromatic carbocycles. The van der Waals surface area contributed by atoms with Crippen LogP contribution < -0.4 is 5.73 Å². The summed E-state index contributed by atoms with van der Waals surface area (Å²) in [5.74, 6) is 0.352. The Hall–Kier alpha value is -1.14. The lowest BCUT2D eigenvalue weighted by molar-refractivity contribution is 0.0513. The van der Waals surface area contributed by atoms with Gasteiger partial charge in [0.15, 0.2) is 9.84 Å². The monoisotopic (exact) mass is 270 g/mol. The van der Waals surface area contributed by atoms with Gasteiger partial charge in [0.05, 0.1) is 10.9 Å². The van der Waals surface area contributed by atoms with E-state index < -0.39 is 20.7 Å². The molecular weight excluding hydrogens is 252 g/mol. The maximum Gasteiger partial charge on any atom is 0.153 e. The number of nitrogens with two attached hydrogens (primary N) is 1. The molecule has 1 saturated carbocycles. The predicted octanol–water partition coefficient (Wildman–Crippen LogP) is 0.535. The summed E-state index contributed by atoms with van der Waals surface area (Å²) in [6.45, 7) is 0. The van der Waals surface area contributed by atoms with Crippen LogP contribution in [0.5, 0.6) is 0 Å². The maximum atomic E-state index is 11.7. The van der Waals surface area contributed by atoms with Gasteiger partial charge in [-0.3, -0.25) is 0 Å². The summed E-state index contributed by atoms with van der Waals surface area (Å²) in [5.41, 5.74) is 5.23. The van der Waals surface area contributed by atoms with Crippen LogP contribution in [0.25, 0.3) is 0 Å². The minimum absolute atomic E-state index is 0.240. The topological polar surface area (TPSA) is 93.3 Å². The largest absolute Gasteiger partial charge is 0.388 e. The summed E-state index contributed by atoms with van der Waals surface area (Å²) in [4.78, 5) is 3.96. The Balaban J connectivity index is 2.30. The number of anilines is 1. The van der Waals surface area contributed by atoms with E-state index in [0.717, 1.165) is 0 Å². The Morgan fingerprint density at radius 3 is 2.94 bits per heavy atom. The fourth-order valence-corrected chi connectivity index (χ4v) is 4.36. The highest BCUT2D eigenvalue weighted by Crippen LogP contribution is 2.37. The molecule has 0 spiro atoms. The van der Waals surface area contributed by atoms with Gasteiger partial charge in [-0.05, 0) is 30.9 Å². The second-order valence-corrected chi connectivity index (χ2v) is 7.27. The van der Waals surface area contributed by atoms with Crippen LogP contribution in [0, 0.1) is 0 Å². The molecule has 1 fully saturated rings. The number of aliphatic hydroxyl groups is 1. The molecule has 2 unspecified atom stereocenters. The van der Waals surface area contributed by atoms with Gasteiger partial charge in [0.1, 0.15) is 5.82 Å². The van der Waals surface area contributed by atoms with Crippen molar-refractivity contribution in [3.63, 3.8) is 0 Å². The van der Waals surface area contributed by atoms with Crippen molar-refractivity contribution < 1.29 is 13.5 Å². The molecule has 1 aliphatic rings. The average Bonchev–Trinajstić information content (AvgIpc) is 2.63. The van der Waals surface area contributed by atoms with Crippen molar-refractivity contribution in [1.82, 2.24) is 4.98 Å². The van der Waals surface area contributed by atoms with Crippen molar-refractivity contribution in [2.45, 2.75) is 36.5 Å². The molecule has 1 aliphatic carbocycles. The number of nitrogen functional groups attached to an aromatic ring is 1. The predicted molar refractivity (Wildman–Crippen MR) is 69.8 cm³/mol. The van der Waals surface area contributed by atoms with E-state index >= 15 is 0 Å². The molecule has 0 bridgehead atoms. The highest BCUT2D eigenvalue weighted by Gasteiger charge is 2.46. The van der Waals surface area contributed by atoms with Crippen LogP contribution in [0.4, 0.5) is 5.82 Å². The highest BCUT2D eigenvalue weighted by molar-refractivity contribution is 7.91. The van der Waals surface area contributed by atoms with Gasteiger partial charge in [-0.15, -0.1) is 0 Å². The number of nitrogens with zero attached hydrogens (tertiary/aromatic N) is 1. The first-order valence-corrected chi connectivity index (χ1v) is 7.89. The number of hydrogen-bond donors (Lipinski definition) is 2. The zero-order valence-corrected chi connectivity index (χ0v) is 11.2. The molecule has 2 atom stereocenters. The van der Waals surface area contributed by atoms with Crippen LogP contribution in [0.2, 0.25) is 0 Å². The third kappa shape index (κ3) is 2.49. The SMILES string of the molecule is CS(=O)(=O)C1CCCC1(O)Cc1cccnc1N. The summed E-state index contributed by atoms with van der Waals surface area (Å²) < 4.78 is 23.4. The van der Waals surface area contributed by atoms with Crippen LogP contribution in [0.15, 0.2) is 18.3 Å². The van der Waals surface area contributed by atoms with Crippen molar-refractivity contribution >= 4 is 15.7 Å². The molecule has 0 saturated heterocycles. The van der Waals surface area contributed by atoms with Gasteiger partial charge < -0.3 is 10.8 Å². The Morgan fingerprint density at radius 2 is 2.33 bits per heavy atom. The van der Waals surface area contributed by atoms with E-state index in [0.29, 0.717) is 30.6 Å². The maximum absolute atomic E-state index is 11.7. The fraction of sp³-hybridized carbons (Fsp3) is 0.583. The van der Waals surface area contributed by atoms with E-state index in [2.05, 4.69) is 4.98 Å². The Bertz CT molecular complexity index is 544. The lowest BCUT2D eigenvalue weighted by Crippen LogP contribution is -2.44. The quantitative estimate of drug-likeness (QED) is 0.836. The Kier molecular flexibility index (Phi) is 3.33. The van der Waals surface area contributed by atoms with E-state index in [9.17, 15) is 13.5 Å². The molecule has 6 heteroatoms. The number of hydrogen-bond acceptors (Lipinski definition) is 5. The molecule has 3 N–H and O–H groups in total. The van der Waals surface area contributed by atoms with E-state index in [4.69, 9.17) is 5.73 Å². The summed E-state index contributed by atoms with van der Waals surface area (Å²) >= 11 is 0. The third-order valence-corrected chi connectivity index (χ3v) is 5.32. The van der Waals surface area contributed by atoms with Crippen molar-refractivity contribution in [1.29, 1.82) is 0 Å². The Morgan fingerprint density at radius 1 is 1.61 bits per heavy atom. The smallest absolute Gasteiger partial charge is 0.153 e. The summed E-state index contributed by atoms with van der Waals surface area (Å²) in [5, 5.41) is 9.90. The van der Waals surface area contributed by atoms with E-state index in [1.165, 1.54) is 6.26 Å².